The van der Waals surface area contributed by atoms with E-state index >= 15 is 0 Å². The maximum absolute atomic E-state index is 10.3. The first-order valence-electron chi connectivity index (χ1n) is 3.37. The summed E-state index contributed by atoms with van der Waals surface area (Å²) in [5.74, 6) is -0.353. The average molecular weight is 142 g/mol. The molecule has 0 spiro atoms. The molecule has 0 bridgehead atoms. The number of carbonyl (C=O) groups is 1. The monoisotopic (exact) mass is 142 g/mol. The molecule has 4 N–H and O–H groups in total. The second-order valence-corrected chi connectivity index (χ2v) is 2.17. The van der Waals surface area contributed by atoms with Crippen molar-refractivity contribution in [2.45, 2.75) is 25.8 Å². The molecule has 1 atom stereocenters. The van der Waals surface area contributed by atoms with E-state index in [2.05, 4.69) is 0 Å². The molecule has 3 heteroatoms. The maximum Gasteiger partial charge on any atom is 0.219 e. The van der Waals surface area contributed by atoms with Crippen LogP contribution in [0.5, 0.6) is 0 Å². The van der Waals surface area contributed by atoms with Crippen LogP contribution in [0.25, 0.3) is 0 Å². The predicted octanol–water partition coefficient (Wildman–Crippen LogP) is 0.155. The molecule has 0 aliphatic rings. The molecule has 0 radical (unpaired) electrons. The van der Waals surface area contributed by atoms with Gasteiger partial charge in [0.1, 0.15) is 0 Å². The van der Waals surface area contributed by atoms with E-state index in [0.717, 1.165) is 6.42 Å². The number of hydrogen-bond donors (Lipinski definition) is 2. The summed E-state index contributed by atoms with van der Waals surface area (Å²) in [5.41, 5.74) is 10.4. The first-order valence-corrected chi connectivity index (χ1v) is 3.37. The summed E-state index contributed by atoms with van der Waals surface area (Å²) in [6.45, 7) is 2.01. The Balaban J connectivity index is 3.52. The summed E-state index contributed by atoms with van der Waals surface area (Å²) in [6, 6.07) is -0.211. The highest BCUT2D eigenvalue weighted by Crippen LogP contribution is 1.90. The van der Waals surface area contributed by atoms with Gasteiger partial charge in [-0.1, -0.05) is 19.1 Å². The third-order valence-electron chi connectivity index (χ3n) is 1.06. The molecule has 10 heavy (non-hydrogen) atoms. The lowest BCUT2D eigenvalue weighted by Crippen LogP contribution is -2.25. The largest absolute Gasteiger partial charge is 0.370 e. The molecular weight excluding hydrogens is 128 g/mol. The third kappa shape index (κ3) is 5.31. The topological polar surface area (TPSA) is 69.1 Å². The molecule has 1 amide bonds. The Hall–Kier alpha value is -0.830. The molecule has 0 saturated carbocycles. The molecule has 0 heterocycles. The molecule has 0 aromatic carbocycles. The lowest BCUT2D eigenvalue weighted by molar-refractivity contribution is -0.118. The van der Waals surface area contributed by atoms with E-state index in [4.69, 9.17) is 11.5 Å². The zero-order valence-electron chi connectivity index (χ0n) is 6.21. The molecule has 1 unspecified atom stereocenters. The van der Waals surface area contributed by atoms with Crippen molar-refractivity contribution < 1.29 is 4.79 Å². The van der Waals surface area contributed by atoms with E-state index in [-0.39, 0.29) is 18.4 Å². The van der Waals surface area contributed by atoms with Gasteiger partial charge in [-0.2, -0.15) is 0 Å². The van der Waals surface area contributed by atoms with Gasteiger partial charge in [0, 0.05) is 12.5 Å². The Kier molecular flexibility index (Phi) is 4.58. The molecule has 58 valence electrons. The fourth-order valence-electron chi connectivity index (χ4n) is 0.611. The van der Waals surface area contributed by atoms with Gasteiger partial charge in [-0.25, -0.2) is 0 Å². The van der Waals surface area contributed by atoms with Gasteiger partial charge in [-0.05, 0) is 6.42 Å². The van der Waals surface area contributed by atoms with E-state index in [9.17, 15) is 4.79 Å². The lowest BCUT2D eigenvalue weighted by atomic mass is 10.2. The zero-order valence-corrected chi connectivity index (χ0v) is 6.21. The van der Waals surface area contributed by atoms with Crippen molar-refractivity contribution >= 4 is 5.91 Å². The molecule has 0 aromatic rings. The third-order valence-corrected chi connectivity index (χ3v) is 1.06. The Morgan fingerprint density at radius 1 is 1.70 bits per heavy atom. The van der Waals surface area contributed by atoms with Crippen LogP contribution >= 0.6 is 0 Å². The lowest BCUT2D eigenvalue weighted by Gasteiger charge is -2.00. The van der Waals surface area contributed by atoms with Gasteiger partial charge in [-0.3, -0.25) is 4.79 Å². The highest BCUT2D eigenvalue weighted by molar-refractivity contribution is 5.74. The van der Waals surface area contributed by atoms with E-state index in [0.29, 0.717) is 0 Å². The van der Waals surface area contributed by atoms with Crippen LogP contribution in [-0.2, 0) is 4.79 Å². The van der Waals surface area contributed by atoms with Crippen molar-refractivity contribution in [3.63, 3.8) is 0 Å². The molecule has 0 fully saturated rings. The molecule has 3 nitrogen and oxygen atoms in total. The van der Waals surface area contributed by atoms with E-state index in [1.807, 2.05) is 13.0 Å². The van der Waals surface area contributed by atoms with Crippen molar-refractivity contribution in [3.8, 4) is 0 Å². The zero-order chi connectivity index (χ0) is 7.98. The van der Waals surface area contributed by atoms with Crippen LogP contribution in [0.3, 0.4) is 0 Å². The maximum atomic E-state index is 10.3. The summed E-state index contributed by atoms with van der Waals surface area (Å²) in [6.07, 6.45) is 4.89. The second-order valence-electron chi connectivity index (χ2n) is 2.17. The fourth-order valence-corrected chi connectivity index (χ4v) is 0.611. The van der Waals surface area contributed by atoms with Gasteiger partial charge >= 0.3 is 0 Å². The molecule has 0 aliphatic heterocycles. The molecule has 0 aliphatic carbocycles. The van der Waals surface area contributed by atoms with Crippen LogP contribution in [-0.4, -0.2) is 11.9 Å². The minimum absolute atomic E-state index is 0.211. The highest BCUT2D eigenvalue weighted by atomic mass is 16.1. The van der Waals surface area contributed by atoms with Crippen LogP contribution < -0.4 is 11.5 Å². The van der Waals surface area contributed by atoms with Crippen LogP contribution in [0.15, 0.2) is 12.2 Å². The first kappa shape index (κ1) is 9.17. The van der Waals surface area contributed by atoms with Crippen molar-refractivity contribution in [1.29, 1.82) is 0 Å². The van der Waals surface area contributed by atoms with Crippen LogP contribution in [0, 0.1) is 0 Å². The van der Waals surface area contributed by atoms with Crippen molar-refractivity contribution in [1.82, 2.24) is 0 Å². The molecule has 0 rings (SSSR count). The SMILES string of the molecule is CC/C=C/C(N)CC(N)=O. The highest BCUT2D eigenvalue weighted by Gasteiger charge is 2.00. The minimum Gasteiger partial charge on any atom is -0.370 e. The number of amides is 1. The molecule has 0 saturated heterocycles. The second kappa shape index (κ2) is 4.99. The number of carbonyl (C=O) groups excluding carboxylic acids is 1. The van der Waals surface area contributed by atoms with E-state index in [1.54, 1.807) is 6.08 Å². The quantitative estimate of drug-likeness (QED) is 0.549. The average Bonchev–Trinajstić information content (AvgIpc) is 1.82. The van der Waals surface area contributed by atoms with Crippen molar-refractivity contribution in [2.75, 3.05) is 0 Å². The smallest absolute Gasteiger partial charge is 0.219 e. The fraction of sp³-hybridized carbons (Fsp3) is 0.571. The Bertz CT molecular complexity index is 132. The van der Waals surface area contributed by atoms with Gasteiger partial charge < -0.3 is 11.5 Å². The number of nitrogens with two attached hydrogens (primary N) is 2. The van der Waals surface area contributed by atoms with Crippen LogP contribution in [0.2, 0.25) is 0 Å². The van der Waals surface area contributed by atoms with Crippen LogP contribution in [0.4, 0.5) is 0 Å². The van der Waals surface area contributed by atoms with Gasteiger partial charge in [0.05, 0.1) is 0 Å². The summed E-state index contributed by atoms with van der Waals surface area (Å²) >= 11 is 0. The number of allylic oxidation sites excluding steroid dienone is 1. The van der Waals surface area contributed by atoms with Gasteiger partial charge in [0.15, 0.2) is 0 Å². The van der Waals surface area contributed by atoms with E-state index < -0.39 is 0 Å². The minimum atomic E-state index is -0.353. The van der Waals surface area contributed by atoms with Gasteiger partial charge in [-0.15, -0.1) is 0 Å². The first-order chi connectivity index (χ1) is 4.66. The van der Waals surface area contributed by atoms with Crippen molar-refractivity contribution in [3.05, 3.63) is 12.2 Å². The number of primary amides is 1. The summed E-state index contributed by atoms with van der Waals surface area (Å²) in [4.78, 5) is 10.3. The molecular formula is C7H14N2O. The number of rotatable bonds is 4. The van der Waals surface area contributed by atoms with E-state index in [1.165, 1.54) is 0 Å². The summed E-state index contributed by atoms with van der Waals surface area (Å²) in [7, 11) is 0. The Labute approximate surface area is 61.1 Å². The summed E-state index contributed by atoms with van der Waals surface area (Å²) < 4.78 is 0. The standard InChI is InChI=1S/C7H14N2O/c1-2-3-4-6(8)5-7(9)10/h3-4,6H,2,5,8H2,1H3,(H2,9,10)/b4-3+. The summed E-state index contributed by atoms with van der Waals surface area (Å²) in [5, 5.41) is 0. The van der Waals surface area contributed by atoms with Gasteiger partial charge in [0.2, 0.25) is 5.91 Å². The van der Waals surface area contributed by atoms with Crippen LogP contribution in [0.1, 0.15) is 19.8 Å². The molecule has 0 aromatic heterocycles. The predicted molar refractivity (Wildman–Crippen MR) is 41.2 cm³/mol. The number of hydrogen-bond acceptors (Lipinski definition) is 2. The Morgan fingerprint density at radius 3 is 2.70 bits per heavy atom. The normalized spacial score (nSPS) is 13.8. The van der Waals surface area contributed by atoms with Crippen molar-refractivity contribution in [2.24, 2.45) is 11.5 Å². The Morgan fingerprint density at radius 2 is 2.30 bits per heavy atom. The van der Waals surface area contributed by atoms with Gasteiger partial charge in [0.25, 0.3) is 0 Å².